The molecule has 164 valence electrons. The molecule has 0 aliphatic carbocycles. The predicted octanol–water partition coefficient (Wildman–Crippen LogP) is 2.95. The Hall–Kier alpha value is -2.81. The molecule has 1 aliphatic rings. The summed E-state index contributed by atoms with van der Waals surface area (Å²) in [5.74, 6) is 0.804. The maximum Gasteiger partial charge on any atom is 0.268 e. The Morgan fingerprint density at radius 3 is 2.77 bits per heavy atom. The summed E-state index contributed by atoms with van der Waals surface area (Å²) in [4.78, 5) is 46.7. The quantitative estimate of drug-likeness (QED) is 0.568. The molecule has 0 bridgehead atoms. The molecule has 31 heavy (non-hydrogen) atoms. The molecule has 0 saturated carbocycles. The van der Waals surface area contributed by atoms with Gasteiger partial charge in [-0.25, -0.2) is 4.98 Å². The Bertz CT molecular complexity index is 1150. The fourth-order valence-corrected chi connectivity index (χ4v) is 4.95. The number of hydrogen-bond acceptors (Lipinski definition) is 6. The van der Waals surface area contributed by atoms with Gasteiger partial charge in [0.2, 0.25) is 5.91 Å². The van der Waals surface area contributed by atoms with Crippen molar-refractivity contribution in [3.05, 3.63) is 45.1 Å². The van der Waals surface area contributed by atoms with E-state index in [4.69, 9.17) is 0 Å². The van der Waals surface area contributed by atoms with Crippen LogP contribution in [0.5, 0.6) is 0 Å². The van der Waals surface area contributed by atoms with Crippen LogP contribution in [0.25, 0.3) is 10.2 Å². The van der Waals surface area contributed by atoms with Gasteiger partial charge in [-0.3, -0.25) is 19.1 Å². The van der Waals surface area contributed by atoms with Crippen molar-refractivity contribution in [1.82, 2.24) is 24.6 Å². The second-order valence-corrected chi connectivity index (χ2v) is 8.95. The molecule has 1 fully saturated rings. The zero-order valence-corrected chi connectivity index (χ0v) is 18.7. The average molecular weight is 442 g/mol. The van der Waals surface area contributed by atoms with Crippen LogP contribution in [-0.2, 0) is 17.8 Å². The van der Waals surface area contributed by atoms with Crippen LogP contribution in [0.4, 0.5) is 0 Å². The molecule has 9 heteroatoms. The van der Waals surface area contributed by atoms with Crippen LogP contribution in [0.3, 0.4) is 0 Å². The SMILES string of the molecule is CCn1cc(C(=O)C2CCN(C(=O)CCCc3nc4c(C)csc4c(=O)[nH]3)CC2)cn1. The first kappa shape index (κ1) is 21.4. The number of H-pyrrole nitrogens is 1. The van der Waals surface area contributed by atoms with Crippen molar-refractivity contribution in [1.29, 1.82) is 0 Å². The third kappa shape index (κ3) is 4.61. The van der Waals surface area contributed by atoms with Crippen molar-refractivity contribution in [3.8, 4) is 0 Å². The topological polar surface area (TPSA) is 101 Å². The van der Waals surface area contributed by atoms with E-state index >= 15 is 0 Å². The van der Waals surface area contributed by atoms with E-state index in [1.54, 1.807) is 17.1 Å². The molecule has 1 amide bonds. The number of aromatic amines is 1. The highest BCUT2D eigenvalue weighted by molar-refractivity contribution is 7.17. The average Bonchev–Trinajstić information content (AvgIpc) is 3.41. The van der Waals surface area contributed by atoms with Crippen molar-refractivity contribution < 1.29 is 9.59 Å². The molecule has 8 nitrogen and oxygen atoms in total. The van der Waals surface area contributed by atoms with Gasteiger partial charge >= 0.3 is 0 Å². The summed E-state index contributed by atoms with van der Waals surface area (Å²) in [7, 11) is 0. The highest BCUT2D eigenvalue weighted by Crippen LogP contribution is 2.23. The van der Waals surface area contributed by atoms with Crippen LogP contribution >= 0.6 is 11.3 Å². The first-order chi connectivity index (χ1) is 15.0. The van der Waals surface area contributed by atoms with E-state index in [1.165, 1.54) is 11.3 Å². The van der Waals surface area contributed by atoms with Gasteiger partial charge in [0.15, 0.2) is 5.78 Å². The Kier molecular flexibility index (Phi) is 6.31. The monoisotopic (exact) mass is 441 g/mol. The highest BCUT2D eigenvalue weighted by atomic mass is 32.1. The minimum absolute atomic E-state index is 0.0478. The van der Waals surface area contributed by atoms with Gasteiger partial charge in [-0.05, 0) is 44.1 Å². The standard InChI is InChI=1S/C22H27N5O3S/c1-3-27-12-16(11-23-27)20(29)15-7-9-26(10-8-15)18(28)6-4-5-17-24-19-14(2)13-31-21(19)22(30)25-17/h11-13,15H,3-10H2,1-2H3,(H,24,25,30). The lowest BCUT2D eigenvalue weighted by molar-refractivity contribution is -0.132. The lowest BCUT2D eigenvalue weighted by atomic mass is 9.90. The van der Waals surface area contributed by atoms with Crippen molar-refractivity contribution >= 4 is 33.2 Å². The van der Waals surface area contributed by atoms with Crippen LogP contribution in [0.15, 0.2) is 22.6 Å². The number of rotatable bonds is 7. The molecule has 4 heterocycles. The number of Topliss-reactive ketones (excluding diaryl/α,β-unsaturated/α-hetero) is 1. The van der Waals surface area contributed by atoms with Gasteiger partial charge in [0, 0.05) is 44.6 Å². The van der Waals surface area contributed by atoms with E-state index < -0.39 is 0 Å². The number of fused-ring (bicyclic) bond motifs is 1. The molecular formula is C22H27N5O3S. The van der Waals surface area contributed by atoms with Crippen molar-refractivity contribution in [3.63, 3.8) is 0 Å². The van der Waals surface area contributed by atoms with Crippen molar-refractivity contribution in [2.75, 3.05) is 13.1 Å². The number of carbonyl (C=O) groups excluding carboxylic acids is 2. The van der Waals surface area contributed by atoms with Gasteiger partial charge in [-0.15, -0.1) is 11.3 Å². The van der Waals surface area contributed by atoms with E-state index in [2.05, 4.69) is 15.1 Å². The first-order valence-electron chi connectivity index (χ1n) is 10.8. The molecule has 1 saturated heterocycles. The van der Waals surface area contributed by atoms with Gasteiger partial charge in [-0.2, -0.15) is 5.10 Å². The fourth-order valence-electron chi connectivity index (χ4n) is 4.06. The minimum atomic E-state index is -0.111. The summed E-state index contributed by atoms with van der Waals surface area (Å²) in [6.45, 7) is 5.88. The van der Waals surface area contributed by atoms with Gasteiger partial charge in [-0.1, -0.05) is 0 Å². The molecule has 4 rings (SSSR count). The van der Waals surface area contributed by atoms with Crippen LogP contribution < -0.4 is 5.56 Å². The highest BCUT2D eigenvalue weighted by Gasteiger charge is 2.28. The van der Waals surface area contributed by atoms with E-state index in [1.807, 2.05) is 24.1 Å². The second-order valence-electron chi connectivity index (χ2n) is 8.07. The summed E-state index contributed by atoms with van der Waals surface area (Å²) < 4.78 is 2.41. The summed E-state index contributed by atoms with van der Waals surface area (Å²) in [6, 6.07) is 0. The second kappa shape index (κ2) is 9.13. The Labute approximate surface area is 184 Å². The zero-order valence-electron chi connectivity index (χ0n) is 17.9. The molecule has 1 N–H and O–H groups in total. The smallest absolute Gasteiger partial charge is 0.268 e. The van der Waals surface area contributed by atoms with Gasteiger partial charge in [0.1, 0.15) is 10.5 Å². The summed E-state index contributed by atoms with van der Waals surface area (Å²) in [5.41, 5.74) is 2.31. The summed E-state index contributed by atoms with van der Waals surface area (Å²) in [6.07, 6.45) is 6.40. The number of piperidine rings is 1. The molecule has 0 spiro atoms. The normalized spacial score (nSPS) is 15.0. The predicted molar refractivity (Wildman–Crippen MR) is 119 cm³/mol. The number of nitrogens with zero attached hydrogens (tertiary/aromatic N) is 4. The molecule has 0 aromatic carbocycles. The number of nitrogens with one attached hydrogen (secondary N) is 1. The molecule has 1 aliphatic heterocycles. The third-order valence-corrected chi connectivity index (χ3v) is 7.00. The molecule has 0 atom stereocenters. The number of aromatic nitrogens is 4. The number of amides is 1. The Balaban J connectivity index is 1.26. The van der Waals surface area contributed by atoms with Gasteiger partial charge in [0.25, 0.3) is 5.56 Å². The lowest BCUT2D eigenvalue weighted by Gasteiger charge is -2.31. The largest absolute Gasteiger partial charge is 0.343 e. The van der Waals surface area contributed by atoms with Crippen LogP contribution in [-0.4, -0.2) is 49.4 Å². The number of aryl methyl sites for hydroxylation is 3. The van der Waals surface area contributed by atoms with Crippen molar-refractivity contribution in [2.45, 2.75) is 52.5 Å². The number of ketones is 1. The van der Waals surface area contributed by atoms with Gasteiger partial charge < -0.3 is 9.88 Å². The number of likely N-dealkylation sites (tertiary alicyclic amines) is 1. The van der Waals surface area contributed by atoms with E-state index in [0.29, 0.717) is 61.3 Å². The fraction of sp³-hybridized carbons (Fsp3) is 0.500. The van der Waals surface area contributed by atoms with E-state index in [0.717, 1.165) is 17.6 Å². The molecule has 0 unspecified atom stereocenters. The van der Waals surface area contributed by atoms with Crippen LogP contribution in [0, 0.1) is 12.8 Å². The van der Waals surface area contributed by atoms with Crippen LogP contribution in [0.2, 0.25) is 0 Å². The van der Waals surface area contributed by atoms with Gasteiger partial charge in [0.05, 0.1) is 17.3 Å². The van der Waals surface area contributed by atoms with Crippen molar-refractivity contribution in [2.24, 2.45) is 5.92 Å². The molecule has 3 aromatic rings. The Morgan fingerprint density at radius 1 is 1.29 bits per heavy atom. The minimum Gasteiger partial charge on any atom is -0.343 e. The lowest BCUT2D eigenvalue weighted by Crippen LogP contribution is -2.40. The molecule has 3 aromatic heterocycles. The number of hydrogen-bond donors (Lipinski definition) is 1. The van der Waals surface area contributed by atoms with Crippen LogP contribution in [0.1, 0.15) is 54.4 Å². The first-order valence-corrected chi connectivity index (χ1v) is 11.7. The number of carbonyl (C=O) groups is 2. The summed E-state index contributed by atoms with van der Waals surface area (Å²) >= 11 is 1.40. The zero-order chi connectivity index (χ0) is 22.0. The van der Waals surface area contributed by atoms with E-state index in [9.17, 15) is 14.4 Å². The summed E-state index contributed by atoms with van der Waals surface area (Å²) in [5, 5.41) is 6.12. The molecule has 0 radical (unpaired) electrons. The Morgan fingerprint density at radius 2 is 2.06 bits per heavy atom. The number of thiophene rings is 1. The third-order valence-electron chi connectivity index (χ3n) is 5.92. The maximum atomic E-state index is 12.7. The maximum absolute atomic E-state index is 12.7. The van der Waals surface area contributed by atoms with E-state index in [-0.39, 0.29) is 23.2 Å². The molecular weight excluding hydrogens is 414 g/mol.